The van der Waals surface area contributed by atoms with E-state index in [2.05, 4.69) is 16.0 Å². The van der Waals surface area contributed by atoms with Crippen LogP contribution < -0.4 is 16.0 Å². The number of unbranched alkanes of at least 4 members (excludes halogenated alkanes) is 1. The lowest BCUT2D eigenvalue weighted by Gasteiger charge is -2.21. The van der Waals surface area contributed by atoms with Gasteiger partial charge in [-0.3, -0.25) is 9.59 Å². The first-order valence-electron chi connectivity index (χ1n) is 8.42. The highest BCUT2D eigenvalue weighted by Crippen LogP contribution is 2.06. The van der Waals surface area contributed by atoms with Gasteiger partial charge in [0.1, 0.15) is 12.1 Å². The highest BCUT2D eigenvalue weighted by Gasteiger charge is 2.25. The second-order valence-corrected chi connectivity index (χ2v) is 5.94. The lowest BCUT2D eigenvalue weighted by Crippen LogP contribution is -2.52. The Bertz CT molecular complexity index is 563. The fourth-order valence-electron chi connectivity index (χ4n) is 2.48. The van der Waals surface area contributed by atoms with Crippen LogP contribution in [0.25, 0.3) is 0 Å². The maximum Gasteiger partial charge on any atom is 0.326 e. The van der Waals surface area contributed by atoms with Gasteiger partial charge in [-0.2, -0.15) is 0 Å². The molecular formula is C18H27N3O4. The van der Waals surface area contributed by atoms with Gasteiger partial charge in [-0.15, -0.1) is 0 Å². The van der Waals surface area contributed by atoms with Crippen molar-refractivity contribution in [2.24, 2.45) is 0 Å². The summed E-state index contributed by atoms with van der Waals surface area (Å²) in [7, 11) is 1.83. The minimum Gasteiger partial charge on any atom is -0.480 e. The lowest BCUT2D eigenvalue weighted by molar-refractivity contribution is -0.142. The predicted molar refractivity (Wildman–Crippen MR) is 95.1 cm³/mol. The number of carboxylic acid groups (broad SMARTS) is 1. The van der Waals surface area contributed by atoms with Crippen molar-refractivity contribution >= 4 is 17.8 Å². The van der Waals surface area contributed by atoms with E-state index in [0.717, 1.165) is 18.5 Å². The maximum atomic E-state index is 12.5. The van der Waals surface area contributed by atoms with Gasteiger partial charge in [-0.05, 0) is 38.4 Å². The Labute approximate surface area is 148 Å². The number of benzene rings is 1. The Hall–Kier alpha value is -2.41. The number of carbonyl (C=O) groups is 3. The summed E-state index contributed by atoms with van der Waals surface area (Å²) in [6.45, 7) is 2.13. The zero-order chi connectivity index (χ0) is 18.7. The van der Waals surface area contributed by atoms with Crippen molar-refractivity contribution in [2.75, 3.05) is 13.6 Å². The van der Waals surface area contributed by atoms with Gasteiger partial charge in [-0.1, -0.05) is 30.3 Å². The van der Waals surface area contributed by atoms with Crippen molar-refractivity contribution in [1.29, 1.82) is 0 Å². The van der Waals surface area contributed by atoms with E-state index in [4.69, 9.17) is 0 Å². The molecule has 0 heterocycles. The summed E-state index contributed by atoms with van der Waals surface area (Å²) in [5, 5.41) is 17.5. The Morgan fingerprint density at radius 1 is 1.04 bits per heavy atom. The van der Waals surface area contributed by atoms with E-state index >= 15 is 0 Å². The molecule has 2 atom stereocenters. The number of amides is 2. The Morgan fingerprint density at radius 2 is 1.72 bits per heavy atom. The minimum absolute atomic E-state index is 0.304. The van der Waals surface area contributed by atoms with Crippen molar-refractivity contribution in [3.05, 3.63) is 35.9 Å². The zero-order valence-corrected chi connectivity index (χ0v) is 14.7. The van der Waals surface area contributed by atoms with Crippen LogP contribution in [0.1, 0.15) is 31.7 Å². The summed E-state index contributed by atoms with van der Waals surface area (Å²) in [5.41, 5.74) is 0.886. The smallest absolute Gasteiger partial charge is 0.326 e. The normalized spacial score (nSPS) is 12.9. The molecule has 0 aliphatic rings. The monoisotopic (exact) mass is 349 g/mol. The summed E-state index contributed by atoms with van der Waals surface area (Å²) in [5.74, 6) is -1.89. The highest BCUT2D eigenvalue weighted by molar-refractivity contribution is 5.90. The second-order valence-electron chi connectivity index (χ2n) is 5.94. The third-order valence-electron chi connectivity index (χ3n) is 3.76. The average Bonchev–Trinajstić information content (AvgIpc) is 2.57. The van der Waals surface area contributed by atoms with Crippen LogP contribution in [0.3, 0.4) is 0 Å². The van der Waals surface area contributed by atoms with Gasteiger partial charge < -0.3 is 21.1 Å². The van der Waals surface area contributed by atoms with Gasteiger partial charge in [0.2, 0.25) is 11.8 Å². The van der Waals surface area contributed by atoms with Crippen LogP contribution in [-0.2, 0) is 20.8 Å². The van der Waals surface area contributed by atoms with Crippen LogP contribution >= 0.6 is 0 Å². The molecule has 0 fully saturated rings. The third kappa shape index (κ3) is 8.30. The first kappa shape index (κ1) is 20.6. The van der Waals surface area contributed by atoms with Gasteiger partial charge >= 0.3 is 5.97 Å². The van der Waals surface area contributed by atoms with E-state index in [9.17, 15) is 19.5 Å². The molecule has 7 nitrogen and oxygen atoms in total. The fourth-order valence-corrected chi connectivity index (χ4v) is 2.48. The number of nitrogens with one attached hydrogen (secondary N) is 3. The molecule has 1 aromatic carbocycles. The van der Waals surface area contributed by atoms with Crippen LogP contribution in [0.4, 0.5) is 0 Å². The van der Waals surface area contributed by atoms with Crippen LogP contribution in [0, 0.1) is 0 Å². The number of rotatable bonds is 11. The summed E-state index contributed by atoms with van der Waals surface area (Å²) in [6.07, 6.45) is 2.16. The van der Waals surface area contributed by atoms with Crippen molar-refractivity contribution in [1.82, 2.24) is 16.0 Å². The third-order valence-corrected chi connectivity index (χ3v) is 3.76. The van der Waals surface area contributed by atoms with Gasteiger partial charge in [0.25, 0.3) is 0 Å². The molecule has 2 amide bonds. The molecule has 0 spiro atoms. The number of aliphatic carboxylic acids is 1. The molecule has 0 unspecified atom stereocenters. The molecule has 25 heavy (non-hydrogen) atoms. The maximum absolute atomic E-state index is 12.5. The molecule has 1 rings (SSSR count). The number of hydrogen-bond acceptors (Lipinski definition) is 4. The quantitative estimate of drug-likeness (QED) is 0.440. The first-order chi connectivity index (χ1) is 11.9. The molecule has 0 bridgehead atoms. The second kappa shape index (κ2) is 11.2. The summed E-state index contributed by atoms with van der Waals surface area (Å²) in [4.78, 5) is 35.3. The van der Waals surface area contributed by atoms with Crippen molar-refractivity contribution < 1.29 is 19.5 Å². The van der Waals surface area contributed by atoms with Crippen LogP contribution in [0.5, 0.6) is 0 Å². The van der Waals surface area contributed by atoms with E-state index in [1.165, 1.54) is 6.92 Å². The SMILES string of the molecule is CNCCCC[C@H](NC(=O)[C@H](Cc1ccccc1)NC(C)=O)C(=O)O. The Morgan fingerprint density at radius 3 is 2.28 bits per heavy atom. The van der Waals surface area contributed by atoms with E-state index < -0.39 is 24.0 Å². The molecule has 0 aliphatic carbocycles. The first-order valence-corrected chi connectivity index (χ1v) is 8.42. The summed E-state index contributed by atoms with van der Waals surface area (Å²) >= 11 is 0. The molecule has 0 saturated carbocycles. The number of hydrogen-bond donors (Lipinski definition) is 4. The van der Waals surface area contributed by atoms with Gasteiger partial charge in [0.05, 0.1) is 0 Å². The van der Waals surface area contributed by atoms with Crippen molar-refractivity contribution in [3.63, 3.8) is 0 Å². The molecule has 138 valence electrons. The minimum atomic E-state index is -1.07. The highest BCUT2D eigenvalue weighted by atomic mass is 16.4. The predicted octanol–water partition coefficient (Wildman–Crippen LogP) is 0.693. The van der Waals surface area contributed by atoms with Gasteiger partial charge in [0, 0.05) is 13.3 Å². The van der Waals surface area contributed by atoms with E-state index in [0.29, 0.717) is 19.3 Å². The Balaban J connectivity index is 2.70. The van der Waals surface area contributed by atoms with Crippen LogP contribution in [-0.4, -0.2) is 48.6 Å². The van der Waals surface area contributed by atoms with Crippen molar-refractivity contribution in [2.45, 2.75) is 44.7 Å². The number of carbonyl (C=O) groups excluding carboxylic acids is 2. The summed E-state index contributed by atoms with van der Waals surface area (Å²) in [6, 6.07) is 7.50. The molecule has 0 saturated heterocycles. The largest absolute Gasteiger partial charge is 0.480 e. The standard InChI is InChI=1S/C18H27N3O4/c1-13(22)20-16(12-14-8-4-3-5-9-14)17(23)21-15(18(24)25)10-6-7-11-19-2/h3-5,8-9,15-16,19H,6-7,10-12H2,1-2H3,(H,20,22)(H,21,23)(H,24,25)/t15-,16-/m0/s1. The molecule has 7 heteroatoms. The molecule has 4 N–H and O–H groups in total. The summed E-state index contributed by atoms with van der Waals surface area (Å²) < 4.78 is 0. The van der Waals surface area contributed by atoms with Gasteiger partial charge in [0.15, 0.2) is 0 Å². The lowest BCUT2D eigenvalue weighted by atomic mass is 10.0. The van der Waals surface area contributed by atoms with E-state index in [1.807, 2.05) is 37.4 Å². The fraction of sp³-hybridized carbons (Fsp3) is 0.500. The zero-order valence-electron chi connectivity index (χ0n) is 14.7. The molecular weight excluding hydrogens is 322 g/mol. The van der Waals surface area contributed by atoms with Gasteiger partial charge in [-0.25, -0.2) is 4.79 Å². The number of carboxylic acids is 1. The molecule has 0 radical (unpaired) electrons. The van der Waals surface area contributed by atoms with E-state index in [-0.39, 0.29) is 5.91 Å². The van der Waals surface area contributed by atoms with Crippen LogP contribution in [0.15, 0.2) is 30.3 Å². The molecule has 0 aromatic heterocycles. The van der Waals surface area contributed by atoms with Crippen LogP contribution in [0.2, 0.25) is 0 Å². The topological polar surface area (TPSA) is 108 Å². The van der Waals surface area contributed by atoms with Crippen molar-refractivity contribution in [3.8, 4) is 0 Å². The Kier molecular flexibility index (Phi) is 9.24. The average molecular weight is 349 g/mol. The molecule has 1 aromatic rings. The van der Waals surface area contributed by atoms with E-state index in [1.54, 1.807) is 0 Å². The molecule has 0 aliphatic heterocycles.